The van der Waals surface area contributed by atoms with Crippen LogP contribution in [0.2, 0.25) is 0 Å². The van der Waals surface area contributed by atoms with Crippen molar-refractivity contribution >= 4 is 11.7 Å². The quantitative estimate of drug-likeness (QED) is 0.703. The Hall–Kier alpha value is -0.900. The van der Waals surface area contributed by atoms with Crippen molar-refractivity contribution in [3.05, 3.63) is 0 Å². The fourth-order valence-corrected chi connectivity index (χ4v) is 2.92. The molecular weight excluding hydrogens is 228 g/mol. The van der Waals surface area contributed by atoms with Gasteiger partial charge in [-0.15, -0.1) is 0 Å². The summed E-state index contributed by atoms with van der Waals surface area (Å²) in [4.78, 5) is 28.4. The van der Waals surface area contributed by atoms with Gasteiger partial charge in [-0.25, -0.2) is 0 Å². The Kier molecular flexibility index (Phi) is 3.76. The largest absolute Gasteiger partial charge is 0.341 e. The number of hydrogen-bond donors (Lipinski definition) is 0. The third kappa shape index (κ3) is 2.74. The SMILES string of the molecule is CN1CCC(C(=O)N2CCC(=O)C(C)(C)C2)CC1. The molecule has 0 aromatic rings. The van der Waals surface area contributed by atoms with Crippen molar-refractivity contribution in [2.24, 2.45) is 11.3 Å². The molecule has 4 heteroatoms. The van der Waals surface area contributed by atoms with Gasteiger partial charge in [0.15, 0.2) is 0 Å². The van der Waals surface area contributed by atoms with Crippen molar-refractivity contribution < 1.29 is 9.59 Å². The van der Waals surface area contributed by atoms with Crippen molar-refractivity contribution in [2.45, 2.75) is 33.1 Å². The Morgan fingerprint density at radius 3 is 2.39 bits per heavy atom. The Bertz CT molecular complexity index is 344. The van der Waals surface area contributed by atoms with Gasteiger partial charge in [0.2, 0.25) is 5.91 Å². The number of Topliss-reactive ketones (excluding diaryl/α,β-unsaturated/α-hetero) is 1. The van der Waals surface area contributed by atoms with Crippen LogP contribution in [0.3, 0.4) is 0 Å². The molecule has 0 radical (unpaired) electrons. The smallest absolute Gasteiger partial charge is 0.225 e. The molecule has 0 aromatic heterocycles. The minimum atomic E-state index is -0.362. The molecule has 102 valence electrons. The average molecular weight is 252 g/mol. The van der Waals surface area contributed by atoms with Gasteiger partial charge >= 0.3 is 0 Å². The molecule has 1 amide bonds. The highest BCUT2D eigenvalue weighted by molar-refractivity contribution is 5.88. The standard InChI is InChI=1S/C14H24N2O2/c1-14(2)10-16(9-6-12(14)17)13(18)11-4-7-15(3)8-5-11/h11H,4-10H2,1-3H3. The van der Waals surface area contributed by atoms with Gasteiger partial charge in [0, 0.05) is 30.8 Å². The van der Waals surface area contributed by atoms with E-state index in [0.717, 1.165) is 25.9 Å². The summed E-state index contributed by atoms with van der Waals surface area (Å²) in [6, 6.07) is 0. The third-order valence-corrected chi connectivity index (χ3v) is 4.33. The van der Waals surface area contributed by atoms with Gasteiger partial charge in [-0.2, -0.15) is 0 Å². The highest BCUT2D eigenvalue weighted by atomic mass is 16.2. The minimum Gasteiger partial charge on any atom is -0.341 e. The molecule has 2 rings (SSSR count). The average Bonchev–Trinajstić information content (AvgIpc) is 2.33. The monoisotopic (exact) mass is 252 g/mol. The highest BCUT2D eigenvalue weighted by Gasteiger charge is 2.38. The molecule has 18 heavy (non-hydrogen) atoms. The maximum atomic E-state index is 12.5. The topological polar surface area (TPSA) is 40.6 Å². The van der Waals surface area contributed by atoms with E-state index in [2.05, 4.69) is 11.9 Å². The second kappa shape index (κ2) is 5.00. The van der Waals surface area contributed by atoms with Crippen LogP contribution in [0.15, 0.2) is 0 Å². The van der Waals surface area contributed by atoms with E-state index in [-0.39, 0.29) is 23.0 Å². The van der Waals surface area contributed by atoms with E-state index in [9.17, 15) is 9.59 Å². The fourth-order valence-electron chi connectivity index (χ4n) is 2.92. The lowest BCUT2D eigenvalue weighted by Gasteiger charge is -2.39. The number of nitrogens with zero attached hydrogens (tertiary/aromatic N) is 2. The number of piperidine rings is 2. The maximum Gasteiger partial charge on any atom is 0.225 e. The van der Waals surface area contributed by atoms with E-state index < -0.39 is 0 Å². The van der Waals surface area contributed by atoms with Crippen LogP contribution in [-0.4, -0.2) is 54.7 Å². The number of amides is 1. The van der Waals surface area contributed by atoms with Crippen LogP contribution in [0.1, 0.15) is 33.1 Å². The first-order valence-corrected chi connectivity index (χ1v) is 6.91. The predicted molar refractivity (Wildman–Crippen MR) is 70.2 cm³/mol. The number of carbonyl (C=O) groups is 2. The van der Waals surface area contributed by atoms with Crippen LogP contribution in [-0.2, 0) is 9.59 Å². The van der Waals surface area contributed by atoms with E-state index in [1.165, 1.54) is 0 Å². The molecule has 0 saturated carbocycles. The van der Waals surface area contributed by atoms with Crippen molar-refractivity contribution in [2.75, 3.05) is 33.2 Å². The molecule has 0 aliphatic carbocycles. The van der Waals surface area contributed by atoms with Crippen molar-refractivity contribution in [1.29, 1.82) is 0 Å². The molecule has 2 fully saturated rings. The van der Waals surface area contributed by atoms with Gasteiger partial charge in [-0.1, -0.05) is 13.8 Å². The Labute approximate surface area is 109 Å². The second-order valence-corrected chi connectivity index (χ2v) is 6.39. The molecule has 4 nitrogen and oxygen atoms in total. The number of carbonyl (C=O) groups excluding carboxylic acids is 2. The summed E-state index contributed by atoms with van der Waals surface area (Å²) in [5.41, 5.74) is -0.362. The van der Waals surface area contributed by atoms with Crippen LogP contribution >= 0.6 is 0 Å². The molecule has 0 aromatic carbocycles. The van der Waals surface area contributed by atoms with Crippen molar-refractivity contribution in [1.82, 2.24) is 9.80 Å². The maximum absolute atomic E-state index is 12.5. The van der Waals surface area contributed by atoms with Crippen LogP contribution in [0, 0.1) is 11.3 Å². The van der Waals surface area contributed by atoms with Crippen molar-refractivity contribution in [3.8, 4) is 0 Å². The molecule has 0 spiro atoms. The van der Waals surface area contributed by atoms with Crippen LogP contribution in [0.25, 0.3) is 0 Å². The first kappa shape index (κ1) is 13.5. The van der Waals surface area contributed by atoms with Crippen LogP contribution in [0.5, 0.6) is 0 Å². The van der Waals surface area contributed by atoms with Gasteiger partial charge in [-0.05, 0) is 33.0 Å². The Morgan fingerprint density at radius 1 is 1.22 bits per heavy atom. The van der Waals surface area contributed by atoms with Gasteiger partial charge in [0.1, 0.15) is 5.78 Å². The first-order chi connectivity index (χ1) is 8.40. The summed E-state index contributed by atoms with van der Waals surface area (Å²) in [6.07, 6.45) is 2.44. The zero-order chi connectivity index (χ0) is 13.3. The first-order valence-electron chi connectivity index (χ1n) is 6.91. The molecule has 2 heterocycles. The van der Waals surface area contributed by atoms with E-state index in [1.807, 2.05) is 18.7 Å². The molecular formula is C14H24N2O2. The van der Waals surface area contributed by atoms with Crippen molar-refractivity contribution in [3.63, 3.8) is 0 Å². The van der Waals surface area contributed by atoms with Gasteiger partial charge < -0.3 is 9.80 Å². The molecule has 2 aliphatic rings. The normalized spacial score (nSPS) is 26.4. The Balaban J connectivity index is 1.95. The highest BCUT2D eigenvalue weighted by Crippen LogP contribution is 2.28. The van der Waals surface area contributed by atoms with E-state index >= 15 is 0 Å². The van der Waals surface area contributed by atoms with Gasteiger partial charge in [-0.3, -0.25) is 9.59 Å². The number of ketones is 1. The van der Waals surface area contributed by atoms with E-state index in [0.29, 0.717) is 19.5 Å². The van der Waals surface area contributed by atoms with Crippen LogP contribution < -0.4 is 0 Å². The zero-order valence-electron chi connectivity index (χ0n) is 11.7. The zero-order valence-corrected chi connectivity index (χ0v) is 11.7. The predicted octanol–water partition coefficient (Wildman–Crippen LogP) is 1.16. The molecule has 0 unspecified atom stereocenters. The Morgan fingerprint density at radius 2 is 1.83 bits per heavy atom. The van der Waals surface area contributed by atoms with Crippen LogP contribution in [0.4, 0.5) is 0 Å². The lowest BCUT2D eigenvalue weighted by molar-refractivity contribution is -0.144. The third-order valence-electron chi connectivity index (χ3n) is 4.33. The lowest BCUT2D eigenvalue weighted by Crippen LogP contribution is -2.51. The fraction of sp³-hybridized carbons (Fsp3) is 0.857. The summed E-state index contributed by atoms with van der Waals surface area (Å²) in [5, 5.41) is 0. The molecule has 0 N–H and O–H groups in total. The van der Waals surface area contributed by atoms with Gasteiger partial charge in [0.25, 0.3) is 0 Å². The molecule has 2 saturated heterocycles. The number of likely N-dealkylation sites (tertiary alicyclic amines) is 2. The van der Waals surface area contributed by atoms with Gasteiger partial charge in [0.05, 0.1) is 0 Å². The summed E-state index contributed by atoms with van der Waals surface area (Å²) < 4.78 is 0. The molecule has 2 aliphatic heterocycles. The summed E-state index contributed by atoms with van der Waals surface area (Å²) in [7, 11) is 2.10. The number of hydrogen-bond acceptors (Lipinski definition) is 3. The minimum absolute atomic E-state index is 0.171. The lowest BCUT2D eigenvalue weighted by atomic mass is 9.82. The summed E-state index contributed by atoms with van der Waals surface area (Å²) in [5.74, 6) is 0.726. The molecule has 0 bridgehead atoms. The van der Waals surface area contributed by atoms with E-state index in [1.54, 1.807) is 0 Å². The van der Waals surface area contributed by atoms with E-state index in [4.69, 9.17) is 0 Å². The summed E-state index contributed by atoms with van der Waals surface area (Å²) >= 11 is 0. The molecule has 0 atom stereocenters. The second-order valence-electron chi connectivity index (χ2n) is 6.39. The summed E-state index contributed by atoms with van der Waals surface area (Å²) in [6.45, 7) is 7.12. The number of rotatable bonds is 1.